The zero-order chi connectivity index (χ0) is 13.8. The van der Waals surface area contributed by atoms with E-state index in [1.54, 1.807) is 0 Å². The molecule has 1 saturated heterocycles. The average molecular weight is 269 g/mol. The zero-order valence-corrected chi connectivity index (χ0v) is 12.7. The highest BCUT2D eigenvalue weighted by molar-refractivity contribution is 4.93. The second kappa shape index (κ2) is 6.55. The van der Waals surface area contributed by atoms with Crippen molar-refractivity contribution in [3.8, 4) is 0 Å². The van der Waals surface area contributed by atoms with Crippen molar-refractivity contribution in [2.24, 2.45) is 0 Å². The van der Waals surface area contributed by atoms with Gasteiger partial charge in [0.2, 0.25) is 0 Å². The molecule has 1 spiro atoms. The number of ether oxygens (including phenoxy) is 1. The van der Waals surface area contributed by atoms with E-state index in [4.69, 9.17) is 9.84 Å². The molecule has 2 aliphatic rings. The van der Waals surface area contributed by atoms with Gasteiger partial charge >= 0.3 is 0 Å². The number of hydrogen-bond donors (Lipinski definition) is 2. The molecule has 0 aromatic heterocycles. The van der Waals surface area contributed by atoms with Crippen molar-refractivity contribution < 1.29 is 9.84 Å². The fraction of sp³-hybridized carbons (Fsp3) is 1.00. The van der Waals surface area contributed by atoms with Gasteiger partial charge in [-0.15, -0.1) is 0 Å². The van der Waals surface area contributed by atoms with Crippen molar-refractivity contribution in [3.63, 3.8) is 0 Å². The summed E-state index contributed by atoms with van der Waals surface area (Å²) in [5.74, 6) is 0. The lowest BCUT2D eigenvalue weighted by Crippen LogP contribution is -2.46. The van der Waals surface area contributed by atoms with Gasteiger partial charge in [0.25, 0.3) is 0 Å². The Bertz CT molecular complexity index is 276. The van der Waals surface area contributed by atoms with Crippen molar-refractivity contribution >= 4 is 0 Å². The predicted octanol–water partition coefficient (Wildman–Crippen LogP) is 3.01. The molecule has 112 valence electrons. The molecule has 0 aromatic rings. The van der Waals surface area contributed by atoms with E-state index in [1.165, 1.54) is 44.9 Å². The molecule has 3 heteroatoms. The summed E-state index contributed by atoms with van der Waals surface area (Å²) in [6, 6.07) is 0. The summed E-state index contributed by atoms with van der Waals surface area (Å²) in [5.41, 5.74) is 0.282. The molecule has 1 heterocycles. The van der Waals surface area contributed by atoms with Crippen LogP contribution in [-0.4, -0.2) is 35.5 Å². The van der Waals surface area contributed by atoms with Gasteiger partial charge in [-0.2, -0.15) is 0 Å². The smallest absolute Gasteiger partial charge is 0.0708 e. The summed E-state index contributed by atoms with van der Waals surface area (Å²) in [5, 5.41) is 12.8. The number of aliphatic hydroxyl groups excluding tert-OH is 1. The van der Waals surface area contributed by atoms with Crippen LogP contribution in [0, 0.1) is 0 Å². The first kappa shape index (κ1) is 15.3. The van der Waals surface area contributed by atoms with Gasteiger partial charge in [-0.25, -0.2) is 0 Å². The molecule has 1 aliphatic heterocycles. The van der Waals surface area contributed by atoms with E-state index in [9.17, 15) is 0 Å². The molecular weight excluding hydrogens is 238 g/mol. The van der Waals surface area contributed by atoms with E-state index < -0.39 is 0 Å². The van der Waals surface area contributed by atoms with Crippen LogP contribution in [0.25, 0.3) is 0 Å². The molecule has 0 amide bonds. The Hall–Kier alpha value is -0.120. The van der Waals surface area contributed by atoms with Crippen LogP contribution >= 0.6 is 0 Å². The second-order valence-electron chi connectivity index (χ2n) is 6.79. The number of rotatable bonds is 6. The van der Waals surface area contributed by atoms with Gasteiger partial charge in [0.15, 0.2) is 0 Å². The Labute approximate surface area is 118 Å². The Balaban J connectivity index is 1.78. The van der Waals surface area contributed by atoms with E-state index in [0.29, 0.717) is 6.10 Å². The maximum absolute atomic E-state index is 9.15. The maximum atomic E-state index is 9.15. The van der Waals surface area contributed by atoms with Crippen LogP contribution in [0.5, 0.6) is 0 Å². The molecule has 2 rings (SSSR count). The topological polar surface area (TPSA) is 41.5 Å². The van der Waals surface area contributed by atoms with Crippen LogP contribution in [-0.2, 0) is 4.74 Å². The van der Waals surface area contributed by atoms with E-state index >= 15 is 0 Å². The molecular formula is C16H31NO2. The van der Waals surface area contributed by atoms with Crippen molar-refractivity contribution in [3.05, 3.63) is 0 Å². The molecule has 1 aliphatic carbocycles. The minimum atomic E-state index is 0.0560. The van der Waals surface area contributed by atoms with Crippen LogP contribution in [0.15, 0.2) is 0 Å². The Kier molecular flexibility index (Phi) is 5.27. The predicted molar refractivity (Wildman–Crippen MR) is 78.3 cm³/mol. The second-order valence-corrected chi connectivity index (χ2v) is 6.79. The van der Waals surface area contributed by atoms with Crippen molar-refractivity contribution in [2.45, 2.75) is 88.9 Å². The van der Waals surface area contributed by atoms with Crippen LogP contribution < -0.4 is 5.32 Å². The van der Waals surface area contributed by atoms with Gasteiger partial charge in [0, 0.05) is 18.7 Å². The van der Waals surface area contributed by atoms with Crippen LogP contribution in [0.2, 0.25) is 0 Å². The third kappa shape index (κ3) is 3.93. The highest BCUT2D eigenvalue weighted by Gasteiger charge is 2.40. The van der Waals surface area contributed by atoms with Gasteiger partial charge in [-0.1, -0.05) is 26.2 Å². The molecule has 0 radical (unpaired) electrons. The largest absolute Gasteiger partial charge is 0.396 e. The molecule has 2 atom stereocenters. The highest BCUT2D eigenvalue weighted by Crippen LogP contribution is 2.41. The summed E-state index contributed by atoms with van der Waals surface area (Å²) in [6.45, 7) is 5.58. The molecule has 3 nitrogen and oxygen atoms in total. The third-order valence-electron chi connectivity index (χ3n) is 5.30. The first-order valence-electron chi connectivity index (χ1n) is 8.15. The van der Waals surface area contributed by atoms with Gasteiger partial charge in [-0.05, 0) is 45.4 Å². The minimum absolute atomic E-state index is 0.0560. The van der Waals surface area contributed by atoms with Gasteiger partial charge < -0.3 is 15.2 Å². The standard InChI is InChI=1S/C16H31NO2/c1-3-15(2,11-12-18)17-13-14-7-10-16(19-14)8-5-4-6-9-16/h14,17-18H,3-13H2,1-2H3. The molecule has 2 N–H and O–H groups in total. The van der Waals surface area contributed by atoms with Crippen molar-refractivity contribution in [1.82, 2.24) is 5.32 Å². The van der Waals surface area contributed by atoms with Crippen LogP contribution in [0.1, 0.15) is 71.6 Å². The van der Waals surface area contributed by atoms with E-state index in [2.05, 4.69) is 19.2 Å². The number of nitrogens with one attached hydrogen (secondary N) is 1. The summed E-state index contributed by atoms with van der Waals surface area (Å²) in [4.78, 5) is 0. The fourth-order valence-corrected chi connectivity index (χ4v) is 3.60. The average Bonchev–Trinajstić information content (AvgIpc) is 2.81. The van der Waals surface area contributed by atoms with Crippen LogP contribution in [0.4, 0.5) is 0 Å². The van der Waals surface area contributed by atoms with Crippen molar-refractivity contribution in [1.29, 1.82) is 0 Å². The van der Waals surface area contributed by atoms with Crippen molar-refractivity contribution in [2.75, 3.05) is 13.2 Å². The van der Waals surface area contributed by atoms with E-state index in [1.807, 2.05) is 0 Å². The highest BCUT2D eigenvalue weighted by atomic mass is 16.5. The lowest BCUT2D eigenvalue weighted by molar-refractivity contribution is -0.0643. The summed E-state index contributed by atoms with van der Waals surface area (Å²) in [7, 11) is 0. The Morgan fingerprint density at radius 2 is 2.00 bits per heavy atom. The van der Waals surface area contributed by atoms with E-state index in [0.717, 1.165) is 19.4 Å². The molecule has 19 heavy (non-hydrogen) atoms. The SMILES string of the molecule is CCC(C)(CCO)NCC1CCC2(CCCCC2)O1. The number of aliphatic hydroxyl groups is 1. The Morgan fingerprint density at radius 1 is 1.26 bits per heavy atom. The van der Waals surface area contributed by atoms with Gasteiger partial charge in [-0.3, -0.25) is 0 Å². The quantitative estimate of drug-likeness (QED) is 0.779. The lowest BCUT2D eigenvalue weighted by Gasteiger charge is -2.34. The molecule has 2 unspecified atom stereocenters. The number of hydrogen-bond acceptors (Lipinski definition) is 3. The monoisotopic (exact) mass is 269 g/mol. The van der Waals surface area contributed by atoms with Crippen LogP contribution in [0.3, 0.4) is 0 Å². The zero-order valence-electron chi connectivity index (χ0n) is 12.7. The Morgan fingerprint density at radius 3 is 2.63 bits per heavy atom. The molecule has 1 saturated carbocycles. The lowest BCUT2D eigenvalue weighted by atomic mass is 9.83. The fourth-order valence-electron chi connectivity index (χ4n) is 3.60. The first-order chi connectivity index (χ1) is 9.11. The summed E-state index contributed by atoms with van der Waals surface area (Å²) in [6.07, 6.45) is 11.3. The normalized spacial score (nSPS) is 29.5. The first-order valence-corrected chi connectivity index (χ1v) is 8.15. The molecule has 0 aromatic carbocycles. The summed E-state index contributed by atoms with van der Waals surface area (Å²) >= 11 is 0. The molecule has 2 fully saturated rings. The minimum Gasteiger partial charge on any atom is -0.396 e. The summed E-state index contributed by atoms with van der Waals surface area (Å²) < 4.78 is 6.38. The third-order valence-corrected chi connectivity index (χ3v) is 5.30. The van der Waals surface area contributed by atoms with Gasteiger partial charge in [0.05, 0.1) is 11.7 Å². The van der Waals surface area contributed by atoms with Gasteiger partial charge in [0.1, 0.15) is 0 Å². The van der Waals surface area contributed by atoms with E-state index in [-0.39, 0.29) is 17.7 Å². The maximum Gasteiger partial charge on any atom is 0.0708 e. The molecule has 0 bridgehead atoms.